The van der Waals surface area contributed by atoms with Crippen LogP contribution in [0.4, 0.5) is 0 Å². The van der Waals surface area contributed by atoms with Gasteiger partial charge in [-0.25, -0.2) is 0 Å². The van der Waals surface area contributed by atoms with E-state index in [0.717, 1.165) is 19.6 Å². The van der Waals surface area contributed by atoms with Crippen molar-refractivity contribution in [2.24, 2.45) is 0 Å². The molecule has 2 aromatic carbocycles. The molecule has 0 fully saturated rings. The van der Waals surface area contributed by atoms with Crippen molar-refractivity contribution in [3.63, 3.8) is 0 Å². The summed E-state index contributed by atoms with van der Waals surface area (Å²) >= 11 is 0. The van der Waals surface area contributed by atoms with E-state index in [1.807, 2.05) is 24.5 Å². The Hall–Kier alpha value is -2.91. The van der Waals surface area contributed by atoms with Crippen LogP contribution >= 0.6 is 0 Å². The van der Waals surface area contributed by atoms with Gasteiger partial charge in [-0.05, 0) is 34.9 Å². The predicted molar refractivity (Wildman–Crippen MR) is 102 cm³/mol. The van der Waals surface area contributed by atoms with Crippen LogP contribution in [0.2, 0.25) is 0 Å². The molecule has 124 valence electrons. The van der Waals surface area contributed by atoms with Crippen LogP contribution in [0.5, 0.6) is 0 Å². The number of hydrogen-bond acceptors (Lipinski definition) is 2. The monoisotopic (exact) mass is 327 g/mol. The molecule has 0 aliphatic heterocycles. The standard InChI is InChI=1S/C22H21N3/c1-2-6-19(7-3-1)16-25-17-20(21-8-4-5-9-22(21)25)15-24-14-18-10-12-23-13-11-18/h1-13,17,24H,14-16H2. The van der Waals surface area contributed by atoms with Gasteiger partial charge in [0.05, 0.1) is 0 Å². The van der Waals surface area contributed by atoms with Gasteiger partial charge in [0.15, 0.2) is 0 Å². The molecule has 0 bridgehead atoms. The minimum Gasteiger partial charge on any atom is -0.343 e. The molecule has 0 saturated heterocycles. The Labute approximate surface area is 148 Å². The molecule has 2 aromatic heterocycles. The minimum absolute atomic E-state index is 0.848. The molecule has 2 heterocycles. The van der Waals surface area contributed by atoms with Gasteiger partial charge in [-0.15, -0.1) is 0 Å². The Balaban J connectivity index is 1.54. The lowest BCUT2D eigenvalue weighted by atomic mass is 10.1. The maximum atomic E-state index is 4.06. The maximum Gasteiger partial charge on any atom is 0.0486 e. The fourth-order valence-electron chi connectivity index (χ4n) is 3.22. The van der Waals surface area contributed by atoms with E-state index in [0.29, 0.717) is 0 Å². The molecule has 0 radical (unpaired) electrons. The summed E-state index contributed by atoms with van der Waals surface area (Å²) in [5.74, 6) is 0. The molecule has 4 rings (SSSR count). The molecule has 1 N–H and O–H groups in total. The number of rotatable bonds is 6. The Morgan fingerprint density at radius 3 is 2.36 bits per heavy atom. The van der Waals surface area contributed by atoms with Crippen LogP contribution in [-0.4, -0.2) is 9.55 Å². The number of aromatic nitrogens is 2. The van der Waals surface area contributed by atoms with E-state index in [-0.39, 0.29) is 0 Å². The smallest absolute Gasteiger partial charge is 0.0486 e. The van der Waals surface area contributed by atoms with E-state index in [1.165, 1.54) is 27.6 Å². The lowest BCUT2D eigenvalue weighted by molar-refractivity contribution is 0.692. The number of hydrogen-bond donors (Lipinski definition) is 1. The van der Waals surface area contributed by atoms with Crippen molar-refractivity contribution in [2.75, 3.05) is 0 Å². The van der Waals surface area contributed by atoms with Gasteiger partial charge in [-0.3, -0.25) is 4.98 Å². The first-order valence-corrected chi connectivity index (χ1v) is 8.60. The van der Waals surface area contributed by atoms with Crippen LogP contribution in [0.25, 0.3) is 10.9 Å². The molecule has 0 aliphatic rings. The fraction of sp³-hybridized carbons (Fsp3) is 0.136. The van der Waals surface area contributed by atoms with E-state index in [2.05, 4.69) is 75.7 Å². The molecule has 4 aromatic rings. The highest BCUT2D eigenvalue weighted by atomic mass is 15.0. The van der Waals surface area contributed by atoms with Gasteiger partial charge in [0.2, 0.25) is 0 Å². The molecular formula is C22H21N3. The SMILES string of the molecule is c1ccc(Cn2cc(CNCc3ccncc3)c3ccccc32)cc1. The van der Waals surface area contributed by atoms with Crippen molar-refractivity contribution in [1.82, 2.24) is 14.9 Å². The Bertz CT molecular complexity index is 943. The molecule has 0 aliphatic carbocycles. The third-order valence-corrected chi connectivity index (χ3v) is 4.46. The van der Waals surface area contributed by atoms with Gasteiger partial charge < -0.3 is 9.88 Å². The van der Waals surface area contributed by atoms with E-state index in [1.54, 1.807) is 0 Å². The quantitative estimate of drug-likeness (QED) is 0.570. The summed E-state index contributed by atoms with van der Waals surface area (Å²) in [4.78, 5) is 4.06. The first-order chi connectivity index (χ1) is 12.4. The van der Waals surface area contributed by atoms with Gasteiger partial charge in [0, 0.05) is 49.1 Å². The molecule has 0 atom stereocenters. The third kappa shape index (κ3) is 3.62. The van der Waals surface area contributed by atoms with E-state index < -0.39 is 0 Å². The summed E-state index contributed by atoms with van der Waals surface area (Å²) in [6.07, 6.45) is 5.95. The van der Waals surface area contributed by atoms with Crippen LogP contribution in [0.1, 0.15) is 16.7 Å². The first kappa shape index (κ1) is 15.6. The number of pyridine rings is 1. The molecule has 0 saturated carbocycles. The van der Waals surface area contributed by atoms with Crippen LogP contribution in [0, 0.1) is 0 Å². The highest BCUT2D eigenvalue weighted by molar-refractivity contribution is 5.84. The predicted octanol–water partition coefficient (Wildman–Crippen LogP) is 4.37. The molecule has 3 heteroatoms. The van der Waals surface area contributed by atoms with Crippen molar-refractivity contribution in [2.45, 2.75) is 19.6 Å². The fourth-order valence-corrected chi connectivity index (χ4v) is 3.22. The summed E-state index contributed by atoms with van der Waals surface area (Å²) < 4.78 is 2.34. The van der Waals surface area contributed by atoms with Crippen LogP contribution in [0.15, 0.2) is 85.3 Å². The Morgan fingerprint density at radius 1 is 0.760 bits per heavy atom. The zero-order valence-corrected chi connectivity index (χ0v) is 14.1. The highest BCUT2D eigenvalue weighted by Crippen LogP contribution is 2.22. The molecule has 0 amide bonds. The van der Waals surface area contributed by atoms with Crippen molar-refractivity contribution < 1.29 is 0 Å². The summed E-state index contributed by atoms with van der Waals surface area (Å²) in [5, 5.41) is 4.87. The molecule has 3 nitrogen and oxygen atoms in total. The Morgan fingerprint density at radius 2 is 1.52 bits per heavy atom. The van der Waals surface area contributed by atoms with Crippen molar-refractivity contribution in [3.8, 4) is 0 Å². The van der Waals surface area contributed by atoms with Crippen LogP contribution in [-0.2, 0) is 19.6 Å². The number of nitrogens with zero attached hydrogens (tertiary/aromatic N) is 2. The largest absolute Gasteiger partial charge is 0.343 e. The minimum atomic E-state index is 0.848. The number of fused-ring (bicyclic) bond motifs is 1. The van der Waals surface area contributed by atoms with Gasteiger partial charge >= 0.3 is 0 Å². The second-order valence-electron chi connectivity index (χ2n) is 6.24. The average molecular weight is 327 g/mol. The maximum absolute atomic E-state index is 4.06. The van der Waals surface area contributed by atoms with E-state index in [9.17, 15) is 0 Å². The second-order valence-corrected chi connectivity index (χ2v) is 6.24. The zero-order valence-electron chi connectivity index (χ0n) is 14.1. The normalized spacial score (nSPS) is 11.0. The van der Waals surface area contributed by atoms with Crippen molar-refractivity contribution >= 4 is 10.9 Å². The number of nitrogens with one attached hydrogen (secondary N) is 1. The number of benzene rings is 2. The molecule has 0 unspecified atom stereocenters. The van der Waals surface area contributed by atoms with Gasteiger partial charge in [-0.2, -0.15) is 0 Å². The average Bonchev–Trinajstić information content (AvgIpc) is 3.01. The van der Waals surface area contributed by atoms with Gasteiger partial charge in [-0.1, -0.05) is 48.5 Å². The summed E-state index contributed by atoms with van der Waals surface area (Å²) in [6, 6.07) is 23.3. The van der Waals surface area contributed by atoms with Gasteiger partial charge in [0.25, 0.3) is 0 Å². The molecule has 25 heavy (non-hydrogen) atoms. The van der Waals surface area contributed by atoms with Crippen LogP contribution < -0.4 is 5.32 Å². The van der Waals surface area contributed by atoms with Crippen molar-refractivity contribution in [1.29, 1.82) is 0 Å². The van der Waals surface area contributed by atoms with Crippen molar-refractivity contribution in [3.05, 3.63) is 102 Å². The lowest BCUT2D eigenvalue weighted by Gasteiger charge is -2.05. The lowest BCUT2D eigenvalue weighted by Crippen LogP contribution is -2.12. The summed E-state index contributed by atoms with van der Waals surface area (Å²) in [6.45, 7) is 2.59. The molecular weight excluding hydrogens is 306 g/mol. The number of para-hydroxylation sites is 1. The second kappa shape index (κ2) is 7.32. The molecule has 0 spiro atoms. The first-order valence-electron chi connectivity index (χ1n) is 8.60. The zero-order chi connectivity index (χ0) is 16.9. The van der Waals surface area contributed by atoms with E-state index >= 15 is 0 Å². The highest BCUT2D eigenvalue weighted by Gasteiger charge is 2.08. The van der Waals surface area contributed by atoms with E-state index in [4.69, 9.17) is 0 Å². The van der Waals surface area contributed by atoms with Gasteiger partial charge in [0.1, 0.15) is 0 Å². The topological polar surface area (TPSA) is 29.9 Å². The summed E-state index contributed by atoms with van der Waals surface area (Å²) in [7, 11) is 0. The van der Waals surface area contributed by atoms with Crippen LogP contribution in [0.3, 0.4) is 0 Å². The third-order valence-electron chi connectivity index (χ3n) is 4.46. The summed E-state index contributed by atoms with van der Waals surface area (Å²) in [5.41, 5.74) is 5.19. The Kier molecular flexibility index (Phi) is 4.57.